The molecule has 0 aliphatic heterocycles. The lowest BCUT2D eigenvalue weighted by Gasteiger charge is -2.07. The van der Waals surface area contributed by atoms with Gasteiger partial charge in [0.2, 0.25) is 5.24 Å². The Balaban J connectivity index is 2.93. The summed E-state index contributed by atoms with van der Waals surface area (Å²) in [6, 6.07) is 1.73. The number of carbonyl (C=O) groups excluding carboxylic acids is 1. The van der Waals surface area contributed by atoms with Crippen LogP contribution in [0.25, 0.3) is 0 Å². The lowest BCUT2D eigenvalue weighted by atomic mass is 10.1. The van der Waals surface area contributed by atoms with E-state index in [0.29, 0.717) is 18.5 Å². The SMILES string of the molecule is CCCCn1nc(C)cc(CCC(=O)Cl)c1=O. The number of halogens is 1. The van der Waals surface area contributed by atoms with Crippen LogP contribution in [0.15, 0.2) is 10.9 Å². The summed E-state index contributed by atoms with van der Waals surface area (Å²) in [5.41, 5.74) is 1.29. The summed E-state index contributed by atoms with van der Waals surface area (Å²) < 4.78 is 1.48. The molecule has 4 nitrogen and oxygen atoms in total. The van der Waals surface area contributed by atoms with Crippen molar-refractivity contribution < 1.29 is 4.79 Å². The van der Waals surface area contributed by atoms with Crippen LogP contribution in [0.5, 0.6) is 0 Å². The Kier molecular flexibility index (Phi) is 5.35. The highest BCUT2D eigenvalue weighted by Gasteiger charge is 2.07. The smallest absolute Gasteiger partial charge is 0.269 e. The van der Waals surface area contributed by atoms with Crippen LogP contribution in [-0.4, -0.2) is 15.0 Å². The average molecular weight is 257 g/mol. The van der Waals surface area contributed by atoms with Crippen LogP contribution >= 0.6 is 11.6 Å². The molecule has 1 rings (SSSR count). The molecule has 0 bridgehead atoms. The molecule has 1 aromatic heterocycles. The van der Waals surface area contributed by atoms with Gasteiger partial charge in [-0.2, -0.15) is 5.10 Å². The molecule has 0 unspecified atom stereocenters. The monoisotopic (exact) mass is 256 g/mol. The zero-order valence-electron chi connectivity index (χ0n) is 10.2. The Morgan fingerprint density at radius 2 is 2.24 bits per heavy atom. The van der Waals surface area contributed by atoms with Crippen molar-refractivity contribution in [3.8, 4) is 0 Å². The van der Waals surface area contributed by atoms with Crippen LogP contribution in [-0.2, 0) is 17.8 Å². The largest absolute Gasteiger partial charge is 0.281 e. The van der Waals surface area contributed by atoms with E-state index >= 15 is 0 Å². The van der Waals surface area contributed by atoms with Gasteiger partial charge in [0.25, 0.3) is 5.56 Å². The molecule has 0 N–H and O–H groups in total. The van der Waals surface area contributed by atoms with Gasteiger partial charge in [-0.3, -0.25) is 9.59 Å². The molecule has 0 spiro atoms. The molecule has 0 saturated carbocycles. The van der Waals surface area contributed by atoms with Crippen molar-refractivity contribution in [2.75, 3.05) is 0 Å². The first kappa shape index (κ1) is 13.9. The zero-order chi connectivity index (χ0) is 12.8. The first-order valence-electron chi connectivity index (χ1n) is 5.80. The van der Waals surface area contributed by atoms with Crippen LogP contribution in [0.3, 0.4) is 0 Å². The maximum absolute atomic E-state index is 12.0. The van der Waals surface area contributed by atoms with E-state index in [1.165, 1.54) is 4.68 Å². The summed E-state index contributed by atoms with van der Waals surface area (Å²) >= 11 is 5.28. The number of hydrogen-bond donors (Lipinski definition) is 0. The van der Waals surface area contributed by atoms with Gasteiger partial charge in [0.1, 0.15) is 0 Å². The van der Waals surface area contributed by atoms with E-state index in [9.17, 15) is 9.59 Å². The molecule has 1 aromatic rings. The van der Waals surface area contributed by atoms with Gasteiger partial charge in [-0.25, -0.2) is 4.68 Å². The van der Waals surface area contributed by atoms with Crippen LogP contribution in [0, 0.1) is 6.92 Å². The molecule has 1 heterocycles. The zero-order valence-corrected chi connectivity index (χ0v) is 11.0. The van der Waals surface area contributed by atoms with Gasteiger partial charge in [-0.15, -0.1) is 0 Å². The predicted octanol–water partition coefficient (Wildman–Crippen LogP) is 2.05. The third-order valence-corrected chi connectivity index (χ3v) is 2.67. The molecule has 5 heteroatoms. The third kappa shape index (κ3) is 4.30. The van der Waals surface area contributed by atoms with Gasteiger partial charge in [0.05, 0.1) is 5.69 Å². The van der Waals surface area contributed by atoms with Gasteiger partial charge in [0.15, 0.2) is 0 Å². The van der Waals surface area contributed by atoms with Crippen molar-refractivity contribution in [2.24, 2.45) is 0 Å². The molecule has 0 fully saturated rings. The van der Waals surface area contributed by atoms with Crippen LogP contribution in [0.4, 0.5) is 0 Å². The highest BCUT2D eigenvalue weighted by Crippen LogP contribution is 2.02. The van der Waals surface area contributed by atoms with Crippen molar-refractivity contribution in [3.63, 3.8) is 0 Å². The van der Waals surface area contributed by atoms with E-state index in [-0.39, 0.29) is 12.0 Å². The maximum Gasteiger partial charge on any atom is 0.269 e. The Bertz CT molecular complexity index is 454. The average Bonchev–Trinajstić information content (AvgIpc) is 2.27. The number of unbranched alkanes of at least 4 members (excludes halogenated alkanes) is 1. The Hall–Kier alpha value is -1.16. The normalized spacial score (nSPS) is 10.5. The molecule has 0 atom stereocenters. The number of carbonyl (C=O) groups is 1. The first-order valence-corrected chi connectivity index (χ1v) is 6.18. The lowest BCUT2D eigenvalue weighted by Crippen LogP contribution is -2.27. The number of hydrogen-bond acceptors (Lipinski definition) is 3. The maximum atomic E-state index is 12.0. The van der Waals surface area contributed by atoms with Crippen molar-refractivity contribution >= 4 is 16.8 Å². The van der Waals surface area contributed by atoms with Gasteiger partial charge in [-0.1, -0.05) is 13.3 Å². The highest BCUT2D eigenvalue weighted by molar-refractivity contribution is 6.63. The summed E-state index contributed by atoms with van der Waals surface area (Å²) in [5.74, 6) is 0. The summed E-state index contributed by atoms with van der Waals surface area (Å²) in [6.07, 6.45) is 2.51. The van der Waals surface area contributed by atoms with Crippen LogP contribution in [0.2, 0.25) is 0 Å². The van der Waals surface area contributed by atoms with E-state index in [1.54, 1.807) is 6.07 Å². The molecule has 17 heavy (non-hydrogen) atoms. The van der Waals surface area contributed by atoms with Crippen molar-refractivity contribution in [1.29, 1.82) is 0 Å². The fourth-order valence-corrected chi connectivity index (χ4v) is 1.71. The second kappa shape index (κ2) is 6.55. The minimum absolute atomic E-state index is 0.109. The first-order chi connectivity index (χ1) is 8.04. The summed E-state index contributed by atoms with van der Waals surface area (Å²) in [6.45, 7) is 4.53. The van der Waals surface area contributed by atoms with Crippen molar-refractivity contribution in [2.45, 2.75) is 46.1 Å². The Morgan fingerprint density at radius 1 is 1.53 bits per heavy atom. The van der Waals surface area contributed by atoms with Gasteiger partial charge in [-0.05, 0) is 37.4 Å². The molecule has 94 valence electrons. The fraction of sp³-hybridized carbons (Fsp3) is 0.583. The number of nitrogens with zero attached hydrogens (tertiary/aromatic N) is 2. The topological polar surface area (TPSA) is 52.0 Å². The van der Waals surface area contributed by atoms with Crippen LogP contribution < -0.4 is 5.56 Å². The third-order valence-electron chi connectivity index (χ3n) is 2.49. The minimum Gasteiger partial charge on any atom is -0.281 e. The van der Waals surface area contributed by atoms with E-state index < -0.39 is 5.24 Å². The second-order valence-corrected chi connectivity index (χ2v) is 4.47. The van der Waals surface area contributed by atoms with E-state index in [1.807, 2.05) is 6.92 Å². The Labute approximate surface area is 106 Å². The van der Waals surface area contributed by atoms with Crippen molar-refractivity contribution in [3.05, 3.63) is 27.7 Å². The molecule has 0 aliphatic carbocycles. The molecule has 0 radical (unpaired) electrons. The molecular weight excluding hydrogens is 240 g/mol. The fourth-order valence-electron chi connectivity index (χ4n) is 1.62. The minimum atomic E-state index is -0.418. The van der Waals surface area contributed by atoms with Gasteiger partial charge in [0, 0.05) is 18.5 Å². The van der Waals surface area contributed by atoms with Gasteiger partial charge < -0.3 is 0 Å². The van der Waals surface area contributed by atoms with Crippen LogP contribution in [0.1, 0.15) is 37.4 Å². The quantitative estimate of drug-likeness (QED) is 0.732. The Morgan fingerprint density at radius 3 is 2.82 bits per heavy atom. The standard InChI is InChI=1S/C12H17ClN2O2/c1-3-4-7-15-12(17)10(5-6-11(13)16)8-9(2)14-15/h8H,3-7H2,1-2H3. The van der Waals surface area contributed by atoms with E-state index in [0.717, 1.165) is 18.5 Å². The second-order valence-electron chi connectivity index (χ2n) is 4.05. The summed E-state index contributed by atoms with van der Waals surface area (Å²) in [7, 11) is 0. The molecule has 0 amide bonds. The number of rotatable bonds is 6. The molecule has 0 saturated heterocycles. The van der Waals surface area contributed by atoms with Crippen molar-refractivity contribution in [1.82, 2.24) is 9.78 Å². The molecular formula is C12H17ClN2O2. The number of aromatic nitrogens is 2. The summed E-state index contributed by atoms with van der Waals surface area (Å²) in [5, 5.41) is 3.77. The highest BCUT2D eigenvalue weighted by atomic mass is 35.5. The van der Waals surface area contributed by atoms with E-state index in [2.05, 4.69) is 12.0 Å². The van der Waals surface area contributed by atoms with E-state index in [4.69, 9.17) is 11.6 Å². The lowest BCUT2D eigenvalue weighted by molar-refractivity contribution is -0.111. The van der Waals surface area contributed by atoms with Gasteiger partial charge >= 0.3 is 0 Å². The molecule has 0 aliphatic rings. The summed E-state index contributed by atoms with van der Waals surface area (Å²) in [4.78, 5) is 22.7. The number of aryl methyl sites for hydroxylation is 3. The molecule has 0 aromatic carbocycles. The predicted molar refractivity (Wildman–Crippen MR) is 67.3 cm³/mol.